The molecule has 0 radical (unpaired) electrons. The summed E-state index contributed by atoms with van der Waals surface area (Å²) in [5.41, 5.74) is 7.91. The Morgan fingerprint density at radius 3 is 2.68 bits per heavy atom. The molecule has 0 fully saturated rings. The van der Waals surface area contributed by atoms with Crippen LogP contribution >= 0.6 is 15.9 Å². The van der Waals surface area contributed by atoms with Crippen molar-refractivity contribution >= 4 is 33.6 Å². The van der Waals surface area contributed by atoms with E-state index >= 15 is 0 Å². The van der Waals surface area contributed by atoms with Crippen molar-refractivity contribution in [3.05, 3.63) is 63.9 Å². The van der Waals surface area contributed by atoms with Crippen LogP contribution in [-0.2, 0) is 4.79 Å². The number of anilines is 1. The van der Waals surface area contributed by atoms with Gasteiger partial charge in [0.05, 0.1) is 11.7 Å². The molecule has 0 aliphatic carbocycles. The summed E-state index contributed by atoms with van der Waals surface area (Å²) in [5, 5.41) is 12.3. The van der Waals surface area contributed by atoms with E-state index in [0.29, 0.717) is 16.0 Å². The molecule has 128 valence electrons. The minimum absolute atomic E-state index is 0.0159. The van der Waals surface area contributed by atoms with Crippen LogP contribution in [0.1, 0.15) is 37.1 Å². The molecule has 1 aromatic heterocycles. The highest BCUT2D eigenvalue weighted by atomic mass is 79.9. The van der Waals surface area contributed by atoms with Crippen molar-refractivity contribution in [3.8, 4) is 6.07 Å². The Morgan fingerprint density at radius 1 is 1.36 bits per heavy atom. The molecule has 0 aliphatic rings. The van der Waals surface area contributed by atoms with Crippen LogP contribution < -0.4 is 11.1 Å². The van der Waals surface area contributed by atoms with Crippen LogP contribution in [0.2, 0.25) is 0 Å². The SMILES string of the molecule is CCCC(NC(=O)/C(C#N)=C/c1cccc(Br)n1)c1ccc(N)cc1. The number of nitriles is 1. The Bertz CT molecular complexity index is 809. The summed E-state index contributed by atoms with van der Waals surface area (Å²) in [4.78, 5) is 16.7. The first-order valence-electron chi connectivity index (χ1n) is 7.94. The lowest BCUT2D eigenvalue weighted by Gasteiger charge is -2.18. The molecule has 0 aliphatic heterocycles. The van der Waals surface area contributed by atoms with Crippen LogP contribution in [0.3, 0.4) is 0 Å². The van der Waals surface area contributed by atoms with Crippen LogP contribution in [0.25, 0.3) is 6.08 Å². The number of benzene rings is 1. The number of carbonyl (C=O) groups excluding carboxylic acids is 1. The van der Waals surface area contributed by atoms with Gasteiger partial charge in [-0.25, -0.2) is 4.98 Å². The zero-order valence-corrected chi connectivity index (χ0v) is 15.5. The maximum atomic E-state index is 12.5. The summed E-state index contributed by atoms with van der Waals surface area (Å²) >= 11 is 3.27. The highest BCUT2D eigenvalue weighted by Gasteiger charge is 2.17. The molecule has 1 atom stereocenters. The molecule has 2 aromatic rings. The standard InChI is InChI=1S/C19H19BrN4O/c1-2-4-17(13-7-9-15(22)10-8-13)24-19(25)14(12-21)11-16-5-3-6-18(20)23-16/h3,5-11,17H,2,4,22H2,1H3,(H,24,25)/b14-11+. The van der Waals surface area contributed by atoms with E-state index in [1.165, 1.54) is 6.08 Å². The van der Waals surface area contributed by atoms with Gasteiger partial charge in [-0.3, -0.25) is 4.79 Å². The van der Waals surface area contributed by atoms with Crippen LogP contribution in [0.15, 0.2) is 52.6 Å². The number of pyridine rings is 1. The number of amides is 1. The molecule has 1 unspecified atom stereocenters. The summed E-state index contributed by atoms with van der Waals surface area (Å²) in [7, 11) is 0. The fraction of sp³-hybridized carbons (Fsp3) is 0.211. The van der Waals surface area contributed by atoms with Gasteiger partial charge in [-0.05, 0) is 58.3 Å². The van der Waals surface area contributed by atoms with Crippen LogP contribution in [0.4, 0.5) is 5.69 Å². The molecule has 1 heterocycles. The largest absolute Gasteiger partial charge is 0.399 e. The average Bonchev–Trinajstić information content (AvgIpc) is 2.60. The number of nitrogen functional groups attached to an aromatic ring is 1. The third kappa shape index (κ3) is 5.44. The molecule has 0 spiro atoms. The minimum atomic E-state index is -0.417. The van der Waals surface area contributed by atoms with Gasteiger partial charge in [-0.1, -0.05) is 31.5 Å². The fourth-order valence-corrected chi connectivity index (χ4v) is 2.73. The van der Waals surface area contributed by atoms with Crippen molar-refractivity contribution in [1.82, 2.24) is 10.3 Å². The van der Waals surface area contributed by atoms with Gasteiger partial charge in [0.1, 0.15) is 16.2 Å². The van der Waals surface area contributed by atoms with E-state index in [9.17, 15) is 10.1 Å². The highest BCUT2D eigenvalue weighted by molar-refractivity contribution is 9.10. The van der Waals surface area contributed by atoms with E-state index in [1.54, 1.807) is 30.3 Å². The molecule has 1 aromatic carbocycles. The average molecular weight is 399 g/mol. The minimum Gasteiger partial charge on any atom is -0.399 e. The molecule has 6 heteroatoms. The van der Waals surface area contributed by atoms with E-state index < -0.39 is 5.91 Å². The van der Waals surface area contributed by atoms with Crippen molar-refractivity contribution in [3.63, 3.8) is 0 Å². The lowest BCUT2D eigenvalue weighted by molar-refractivity contribution is -0.117. The first kappa shape index (κ1) is 18.7. The van der Waals surface area contributed by atoms with Crippen molar-refractivity contribution in [2.45, 2.75) is 25.8 Å². The number of nitrogens with two attached hydrogens (primary N) is 1. The number of hydrogen-bond donors (Lipinski definition) is 2. The Morgan fingerprint density at radius 2 is 2.08 bits per heavy atom. The second kappa shape index (κ2) is 9.00. The van der Waals surface area contributed by atoms with Gasteiger partial charge in [-0.15, -0.1) is 0 Å². The smallest absolute Gasteiger partial charge is 0.262 e. The number of rotatable bonds is 6. The first-order chi connectivity index (χ1) is 12.0. The maximum Gasteiger partial charge on any atom is 0.262 e. The Balaban J connectivity index is 2.21. The topological polar surface area (TPSA) is 91.8 Å². The van der Waals surface area contributed by atoms with Crippen molar-refractivity contribution < 1.29 is 4.79 Å². The Hall–Kier alpha value is -2.65. The van der Waals surface area contributed by atoms with Gasteiger partial charge in [-0.2, -0.15) is 5.26 Å². The van der Waals surface area contributed by atoms with E-state index in [0.717, 1.165) is 18.4 Å². The second-order valence-corrected chi connectivity index (χ2v) is 6.35. The van der Waals surface area contributed by atoms with Crippen molar-refractivity contribution in [2.24, 2.45) is 0 Å². The second-order valence-electron chi connectivity index (χ2n) is 5.54. The number of nitrogens with zero attached hydrogens (tertiary/aromatic N) is 2. The molecule has 0 saturated carbocycles. The Labute approximate surface area is 155 Å². The number of halogens is 1. The molecular formula is C19H19BrN4O. The lowest BCUT2D eigenvalue weighted by Crippen LogP contribution is -2.29. The summed E-state index contributed by atoms with van der Waals surface area (Å²) in [6.07, 6.45) is 3.14. The molecule has 25 heavy (non-hydrogen) atoms. The molecular weight excluding hydrogens is 380 g/mol. The lowest BCUT2D eigenvalue weighted by atomic mass is 10.0. The van der Waals surface area contributed by atoms with Gasteiger partial charge in [0, 0.05) is 5.69 Å². The van der Waals surface area contributed by atoms with Crippen LogP contribution in [-0.4, -0.2) is 10.9 Å². The van der Waals surface area contributed by atoms with Gasteiger partial charge >= 0.3 is 0 Å². The zero-order valence-electron chi connectivity index (χ0n) is 13.9. The number of aromatic nitrogens is 1. The molecule has 0 saturated heterocycles. The number of carbonyl (C=O) groups is 1. The van der Waals surface area contributed by atoms with E-state index in [-0.39, 0.29) is 11.6 Å². The van der Waals surface area contributed by atoms with Crippen molar-refractivity contribution in [1.29, 1.82) is 5.26 Å². The third-order valence-electron chi connectivity index (χ3n) is 3.62. The quantitative estimate of drug-likeness (QED) is 0.333. The number of nitrogens with one attached hydrogen (secondary N) is 1. The van der Waals surface area contributed by atoms with Crippen LogP contribution in [0, 0.1) is 11.3 Å². The van der Waals surface area contributed by atoms with Crippen LogP contribution in [0.5, 0.6) is 0 Å². The molecule has 2 rings (SSSR count). The van der Waals surface area contributed by atoms with Gasteiger partial charge < -0.3 is 11.1 Å². The monoisotopic (exact) mass is 398 g/mol. The van der Waals surface area contributed by atoms with Gasteiger partial charge in [0.25, 0.3) is 5.91 Å². The molecule has 0 bridgehead atoms. The summed E-state index contributed by atoms with van der Waals surface area (Å²) in [6.45, 7) is 2.04. The zero-order chi connectivity index (χ0) is 18.2. The number of hydrogen-bond acceptors (Lipinski definition) is 4. The summed E-state index contributed by atoms with van der Waals surface area (Å²) in [5.74, 6) is -0.417. The molecule has 5 nitrogen and oxygen atoms in total. The Kier molecular flexibility index (Phi) is 6.72. The third-order valence-corrected chi connectivity index (χ3v) is 4.06. The molecule has 3 N–H and O–H groups in total. The fourth-order valence-electron chi connectivity index (χ4n) is 2.38. The normalized spacial score (nSPS) is 12.3. The highest BCUT2D eigenvalue weighted by Crippen LogP contribution is 2.20. The van der Waals surface area contributed by atoms with Crippen molar-refractivity contribution in [2.75, 3.05) is 5.73 Å². The maximum absolute atomic E-state index is 12.5. The van der Waals surface area contributed by atoms with E-state index in [4.69, 9.17) is 5.73 Å². The van der Waals surface area contributed by atoms with E-state index in [2.05, 4.69) is 26.2 Å². The van der Waals surface area contributed by atoms with Gasteiger partial charge in [0.15, 0.2) is 0 Å². The molecule has 1 amide bonds. The predicted molar refractivity (Wildman–Crippen MR) is 102 cm³/mol. The van der Waals surface area contributed by atoms with E-state index in [1.807, 2.05) is 25.1 Å². The summed E-state index contributed by atoms with van der Waals surface area (Å²) < 4.78 is 0.643. The predicted octanol–water partition coefficient (Wildman–Crippen LogP) is 3.99. The summed E-state index contributed by atoms with van der Waals surface area (Å²) in [6, 6.07) is 14.5. The first-order valence-corrected chi connectivity index (χ1v) is 8.73. The van der Waals surface area contributed by atoms with Gasteiger partial charge in [0.2, 0.25) is 0 Å².